The summed E-state index contributed by atoms with van der Waals surface area (Å²) in [5.41, 5.74) is 12.1. The molecule has 0 saturated heterocycles. The van der Waals surface area contributed by atoms with Gasteiger partial charge < -0.3 is 15.9 Å². The number of hydroxylamine groups is 1. The largest absolute Gasteiger partial charge is 0.454 e. The van der Waals surface area contributed by atoms with Crippen molar-refractivity contribution >= 4 is 11.8 Å². The van der Waals surface area contributed by atoms with E-state index >= 15 is 0 Å². The fraction of sp³-hybridized carbons (Fsp3) is 0.250. The Bertz CT molecular complexity index is 361. The molecule has 1 aromatic rings. The maximum absolute atomic E-state index is 11.2. The van der Waals surface area contributed by atoms with Crippen LogP contribution in [-0.4, -0.2) is 18.4 Å². The van der Waals surface area contributed by atoms with Crippen molar-refractivity contribution in [3.63, 3.8) is 0 Å². The molecule has 0 bridgehead atoms. The number of carbonyl (C=O) groups is 2. The third-order valence-electron chi connectivity index (χ3n) is 1.47. The van der Waals surface area contributed by atoms with Crippen molar-refractivity contribution in [3.8, 4) is 0 Å². The monoisotopic (exact) mass is 213 g/mol. The number of hydrogen-bond acceptors (Lipinski definition) is 5. The lowest BCUT2D eigenvalue weighted by molar-refractivity contribution is -0.124. The van der Waals surface area contributed by atoms with Gasteiger partial charge in [0.05, 0.1) is 6.54 Å². The van der Waals surface area contributed by atoms with Crippen molar-refractivity contribution in [1.82, 2.24) is 5.48 Å². The van der Waals surface area contributed by atoms with Gasteiger partial charge in [-0.25, -0.2) is 5.48 Å². The highest BCUT2D eigenvalue weighted by molar-refractivity contribution is 5.90. The van der Waals surface area contributed by atoms with Crippen LogP contribution in [0.5, 0.6) is 0 Å². The maximum atomic E-state index is 11.2. The first kappa shape index (κ1) is 11.2. The molecule has 5 N–H and O–H groups in total. The van der Waals surface area contributed by atoms with E-state index in [0.29, 0.717) is 5.76 Å². The van der Waals surface area contributed by atoms with Gasteiger partial charge >= 0.3 is 5.91 Å². The average molecular weight is 213 g/mol. The second-order valence-corrected chi connectivity index (χ2v) is 2.66. The number of carbonyl (C=O) groups excluding carboxylic acids is 2. The van der Waals surface area contributed by atoms with Gasteiger partial charge in [-0.3, -0.25) is 14.4 Å². The molecule has 1 aromatic heterocycles. The van der Waals surface area contributed by atoms with Gasteiger partial charge in [0.2, 0.25) is 5.91 Å². The van der Waals surface area contributed by atoms with Crippen LogP contribution in [-0.2, 0) is 16.2 Å². The Kier molecular flexibility index (Phi) is 3.83. The molecule has 0 fully saturated rings. The lowest BCUT2D eigenvalue weighted by Crippen LogP contribution is -2.29. The Morgan fingerprint density at radius 3 is 2.73 bits per heavy atom. The molecule has 0 aliphatic heterocycles. The molecule has 0 atom stereocenters. The number of nitrogens with one attached hydrogen (secondary N) is 1. The highest BCUT2D eigenvalue weighted by atomic mass is 16.7. The molecule has 7 heteroatoms. The predicted molar refractivity (Wildman–Crippen MR) is 49.2 cm³/mol. The number of rotatable bonds is 5. The minimum absolute atomic E-state index is 0.0555. The first-order valence-corrected chi connectivity index (χ1v) is 4.12. The Morgan fingerprint density at radius 2 is 2.20 bits per heavy atom. The SMILES string of the molecule is NCc1ccc(C(=O)NOCC(N)=O)o1. The van der Waals surface area contributed by atoms with E-state index in [1.54, 1.807) is 6.07 Å². The van der Waals surface area contributed by atoms with E-state index in [9.17, 15) is 9.59 Å². The van der Waals surface area contributed by atoms with Crippen LogP contribution < -0.4 is 16.9 Å². The van der Waals surface area contributed by atoms with E-state index in [4.69, 9.17) is 15.9 Å². The summed E-state index contributed by atoms with van der Waals surface area (Å²) in [6.45, 7) is -0.189. The maximum Gasteiger partial charge on any atom is 0.310 e. The lowest BCUT2D eigenvalue weighted by atomic mass is 10.4. The molecule has 1 rings (SSSR count). The quantitative estimate of drug-likeness (QED) is 0.535. The van der Waals surface area contributed by atoms with Crippen LogP contribution in [0.1, 0.15) is 16.3 Å². The second-order valence-electron chi connectivity index (χ2n) is 2.66. The van der Waals surface area contributed by atoms with Gasteiger partial charge in [-0.15, -0.1) is 0 Å². The van der Waals surface area contributed by atoms with Crippen molar-refractivity contribution in [3.05, 3.63) is 23.7 Å². The summed E-state index contributed by atoms with van der Waals surface area (Å²) in [4.78, 5) is 26.0. The molecule has 0 aliphatic rings. The van der Waals surface area contributed by atoms with Crippen LogP contribution >= 0.6 is 0 Å². The Labute approximate surface area is 85.3 Å². The number of primary amides is 1. The third kappa shape index (κ3) is 3.41. The van der Waals surface area contributed by atoms with Crippen LogP contribution in [0.3, 0.4) is 0 Å². The summed E-state index contributed by atoms with van der Waals surface area (Å²) in [7, 11) is 0. The molecule has 1 heterocycles. The minimum atomic E-state index is -0.683. The van der Waals surface area contributed by atoms with Crippen molar-refractivity contribution < 1.29 is 18.8 Å². The molecule has 7 nitrogen and oxygen atoms in total. The second kappa shape index (κ2) is 5.13. The van der Waals surface area contributed by atoms with E-state index in [0.717, 1.165) is 0 Å². The molecule has 0 saturated carbocycles. The summed E-state index contributed by atoms with van der Waals surface area (Å²) in [5.74, 6) is -0.747. The van der Waals surface area contributed by atoms with Gasteiger partial charge in [-0.1, -0.05) is 0 Å². The van der Waals surface area contributed by atoms with Gasteiger partial charge in [0.1, 0.15) is 5.76 Å². The Hall–Kier alpha value is -1.86. The number of hydrogen-bond donors (Lipinski definition) is 3. The molecule has 0 aliphatic carbocycles. The van der Waals surface area contributed by atoms with Crippen molar-refractivity contribution in [2.24, 2.45) is 11.5 Å². The zero-order valence-electron chi connectivity index (χ0n) is 7.86. The van der Waals surface area contributed by atoms with Gasteiger partial charge in [-0.2, -0.15) is 0 Å². The fourth-order valence-electron chi connectivity index (χ4n) is 0.833. The zero-order chi connectivity index (χ0) is 11.3. The van der Waals surface area contributed by atoms with Crippen LogP contribution in [0, 0.1) is 0 Å². The fourth-order valence-corrected chi connectivity index (χ4v) is 0.833. The van der Waals surface area contributed by atoms with Crippen LogP contribution in [0.4, 0.5) is 0 Å². The highest BCUT2D eigenvalue weighted by Crippen LogP contribution is 2.06. The summed E-state index contributed by atoms with van der Waals surface area (Å²) in [6.07, 6.45) is 0. The summed E-state index contributed by atoms with van der Waals surface area (Å²) in [5, 5.41) is 0. The molecular formula is C8H11N3O4. The first-order chi connectivity index (χ1) is 7.13. The van der Waals surface area contributed by atoms with Gasteiger partial charge in [0.25, 0.3) is 0 Å². The molecule has 82 valence electrons. The number of furan rings is 1. The number of amides is 2. The van der Waals surface area contributed by atoms with Crippen molar-refractivity contribution in [2.45, 2.75) is 6.54 Å². The normalized spacial score (nSPS) is 9.93. The van der Waals surface area contributed by atoms with Crippen LogP contribution in [0.2, 0.25) is 0 Å². The first-order valence-electron chi connectivity index (χ1n) is 4.12. The minimum Gasteiger partial charge on any atom is -0.454 e. The summed E-state index contributed by atoms with van der Waals surface area (Å²) >= 11 is 0. The Balaban J connectivity index is 2.43. The molecule has 0 aromatic carbocycles. The predicted octanol–water partition coefficient (Wildman–Crippen LogP) is -1.11. The summed E-state index contributed by atoms with van der Waals surface area (Å²) < 4.78 is 5.02. The summed E-state index contributed by atoms with van der Waals surface area (Å²) in [6, 6.07) is 3.02. The van der Waals surface area contributed by atoms with Crippen LogP contribution in [0.25, 0.3) is 0 Å². The third-order valence-corrected chi connectivity index (χ3v) is 1.47. The van der Waals surface area contributed by atoms with E-state index in [1.807, 2.05) is 5.48 Å². The van der Waals surface area contributed by atoms with E-state index in [1.165, 1.54) is 6.07 Å². The van der Waals surface area contributed by atoms with Crippen molar-refractivity contribution in [1.29, 1.82) is 0 Å². The number of nitrogens with two attached hydrogens (primary N) is 2. The van der Waals surface area contributed by atoms with E-state index in [-0.39, 0.29) is 12.3 Å². The van der Waals surface area contributed by atoms with E-state index in [2.05, 4.69) is 4.84 Å². The Morgan fingerprint density at radius 1 is 1.47 bits per heavy atom. The van der Waals surface area contributed by atoms with Gasteiger partial charge in [-0.05, 0) is 12.1 Å². The molecule has 15 heavy (non-hydrogen) atoms. The molecule has 2 amide bonds. The van der Waals surface area contributed by atoms with Crippen LogP contribution in [0.15, 0.2) is 16.5 Å². The van der Waals surface area contributed by atoms with Gasteiger partial charge in [0.15, 0.2) is 12.4 Å². The lowest BCUT2D eigenvalue weighted by Gasteiger charge is -2.00. The standard InChI is InChI=1S/C8H11N3O4/c9-3-5-1-2-6(15-5)8(13)11-14-4-7(10)12/h1-2H,3-4,9H2,(H2,10,12)(H,11,13). The highest BCUT2D eigenvalue weighted by Gasteiger charge is 2.10. The van der Waals surface area contributed by atoms with E-state index < -0.39 is 18.4 Å². The van der Waals surface area contributed by atoms with Gasteiger partial charge in [0, 0.05) is 0 Å². The zero-order valence-corrected chi connectivity index (χ0v) is 7.86. The molecule has 0 spiro atoms. The smallest absolute Gasteiger partial charge is 0.310 e. The van der Waals surface area contributed by atoms with Crippen molar-refractivity contribution in [2.75, 3.05) is 6.61 Å². The topological polar surface area (TPSA) is 121 Å². The molecular weight excluding hydrogens is 202 g/mol. The molecule has 0 radical (unpaired) electrons. The average Bonchev–Trinajstić information content (AvgIpc) is 2.65. The molecule has 0 unspecified atom stereocenters.